The summed E-state index contributed by atoms with van der Waals surface area (Å²) >= 11 is 0. The lowest BCUT2D eigenvalue weighted by atomic mass is 9.74. The van der Waals surface area contributed by atoms with Crippen LogP contribution in [0.1, 0.15) is 38.2 Å². The van der Waals surface area contributed by atoms with Gasteiger partial charge in [0.25, 0.3) is 0 Å². The van der Waals surface area contributed by atoms with E-state index in [0.29, 0.717) is 0 Å². The van der Waals surface area contributed by atoms with Gasteiger partial charge < -0.3 is 5.11 Å². The summed E-state index contributed by atoms with van der Waals surface area (Å²) in [5, 5.41) is 13.4. The Kier molecular flexibility index (Phi) is 2.87. The highest BCUT2D eigenvalue weighted by Crippen LogP contribution is 2.41. The van der Waals surface area contributed by atoms with Gasteiger partial charge in [0.15, 0.2) is 0 Å². The molecule has 0 saturated heterocycles. The molecule has 1 aliphatic carbocycles. The van der Waals surface area contributed by atoms with E-state index in [1.54, 1.807) is 0 Å². The van der Waals surface area contributed by atoms with E-state index in [0.717, 1.165) is 37.2 Å². The molecule has 0 aliphatic heterocycles. The Balaban J connectivity index is 2.08. The van der Waals surface area contributed by atoms with E-state index in [9.17, 15) is 5.11 Å². The van der Waals surface area contributed by atoms with Crippen LogP contribution in [0.4, 0.5) is 0 Å². The standard InChI is InChI=1S/C17H20O/c1-13-9-11-17(18,12-10-13)16-8-4-6-14-5-2-3-7-15(14)16/h2-8,13,18H,9-12H2,1H3. The highest BCUT2D eigenvalue weighted by molar-refractivity contribution is 5.86. The quantitative estimate of drug-likeness (QED) is 0.790. The summed E-state index contributed by atoms with van der Waals surface area (Å²) in [6.45, 7) is 2.28. The van der Waals surface area contributed by atoms with Crippen molar-refractivity contribution in [2.45, 2.75) is 38.2 Å². The van der Waals surface area contributed by atoms with E-state index in [1.165, 1.54) is 10.8 Å². The molecular weight excluding hydrogens is 220 g/mol. The van der Waals surface area contributed by atoms with Gasteiger partial charge in [0.2, 0.25) is 0 Å². The van der Waals surface area contributed by atoms with Crippen molar-refractivity contribution in [3.05, 3.63) is 48.0 Å². The van der Waals surface area contributed by atoms with Crippen LogP contribution in [-0.4, -0.2) is 5.11 Å². The lowest BCUT2D eigenvalue weighted by molar-refractivity contribution is -0.0106. The zero-order valence-corrected chi connectivity index (χ0v) is 10.9. The number of benzene rings is 2. The molecule has 1 heteroatoms. The van der Waals surface area contributed by atoms with Crippen LogP contribution in [-0.2, 0) is 5.60 Å². The maximum atomic E-state index is 11.0. The Morgan fingerprint density at radius 1 is 1.00 bits per heavy atom. The lowest BCUT2D eigenvalue weighted by Gasteiger charge is -2.36. The van der Waals surface area contributed by atoms with Crippen LogP contribution in [0.3, 0.4) is 0 Å². The van der Waals surface area contributed by atoms with Gasteiger partial charge in [-0.1, -0.05) is 49.4 Å². The van der Waals surface area contributed by atoms with E-state index in [1.807, 2.05) is 0 Å². The maximum absolute atomic E-state index is 11.0. The van der Waals surface area contributed by atoms with Crippen LogP contribution in [0.15, 0.2) is 42.5 Å². The fourth-order valence-electron chi connectivity index (χ4n) is 3.14. The van der Waals surface area contributed by atoms with E-state index >= 15 is 0 Å². The van der Waals surface area contributed by atoms with E-state index in [2.05, 4.69) is 49.4 Å². The first-order chi connectivity index (χ1) is 8.69. The minimum absolute atomic E-state index is 0.618. The van der Waals surface area contributed by atoms with Gasteiger partial charge in [-0.2, -0.15) is 0 Å². The van der Waals surface area contributed by atoms with Crippen molar-refractivity contribution in [1.82, 2.24) is 0 Å². The summed E-state index contributed by atoms with van der Waals surface area (Å²) in [5.41, 5.74) is 0.500. The first-order valence-corrected chi connectivity index (χ1v) is 6.90. The highest BCUT2D eigenvalue weighted by Gasteiger charge is 2.34. The summed E-state index contributed by atoms with van der Waals surface area (Å²) in [6, 6.07) is 14.6. The molecule has 2 aromatic rings. The van der Waals surface area contributed by atoms with Crippen molar-refractivity contribution in [3.8, 4) is 0 Å². The molecule has 1 saturated carbocycles. The molecule has 0 aromatic heterocycles. The highest BCUT2D eigenvalue weighted by atomic mass is 16.3. The van der Waals surface area contributed by atoms with Crippen LogP contribution in [0.2, 0.25) is 0 Å². The van der Waals surface area contributed by atoms with Crippen molar-refractivity contribution in [1.29, 1.82) is 0 Å². The first-order valence-electron chi connectivity index (χ1n) is 6.90. The topological polar surface area (TPSA) is 20.2 Å². The largest absolute Gasteiger partial charge is 0.385 e. The SMILES string of the molecule is CC1CCC(O)(c2cccc3ccccc23)CC1. The second-order valence-corrected chi connectivity index (χ2v) is 5.74. The Bertz CT molecular complexity index is 545. The molecule has 18 heavy (non-hydrogen) atoms. The number of fused-ring (bicyclic) bond motifs is 1. The van der Waals surface area contributed by atoms with Crippen LogP contribution in [0.5, 0.6) is 0 Å². The van der Waals surface area contributed by atoms with Crippen molar-refractivity contribution >= 4 is 10.8 Å². The maximum Gasteiger partial charge on any atom is 0.0902 e. The van der Waals surface area contributed by atoms with Gasteiger partial charge in [-0.3, -0.25) is 0 Å². The second kappa shape index (κ2) is 4.40. The smallest absolute Gasteiger partial charge is 0.0902 e. The predicted molar refractivity (Wildman–Crippen MR) is 75.5 cm³/mol. The van der Waals surface area contributed by atoms with Gasteiger partial charge in [0, 0.05) is 0 Å². The third-order valence-corrected chi connectivity index (χ3v) is 4.39. The Morgan fingerprint density at radius 2 is 1.67 bits per heavy atom. The molecule has 1 fully saturated rings. The normalized spacial score (nSPS) is 28.4. The van der Waals surface area contributed by atoms with E-state index in [-0.39, 0.29) is 0 Å². The molecule has 0 spiro atoms. The summed E-state index contributed by atoms with van der Waals surface area (Å²) in [7, 11) is 0. The Hall–Kier alpha value is -1.34. The number of rotatable bonds is 1. The van der Waals surface area contributed by atoms with Crippen molar-refractivity contribution in [2.24, 2.45) is 5.92 Å². The molecule has 0 radical (unpaired) electrons. The van der Waals surface area contributed by atoms with Gasteiger partial charge >= 0.3 is 0 Å². The minimum Gasteiger partial charge on any atom is -0.385 e. The van der Waals surface area contributed by atoms with Gasteiger partial charge in [-0.15, -0.1) is 0 Å². The van der Waals surface area contributed by atoms with Gasteiger partial charge in [0.05, 0.1) is 5.60 Å². The van der Waals surface area contributed by atoms with Crippen LogP contribution >= 0.6 is 0 Å². The summed E-state index contributed by atoms with van der Waals surface area (Å²) in [4.78, 5) is 0. The molecule has 1 aliphatic rings. The Labute approximate surface area is 108 Å². The van der Waals surface area contributed by atoms with Crippen molar-refractivity contribution in [2.75, 3.05) is 0 Å². The Morgan fingerprint density at radius 3 is 2.44 bits per heavy atom. The number of aliphatic hydroxyl groups is 1. The summed E-state index contributed by atoms with van der Waals surface area (Å²) < 4.78 is 0. The molecule has 94 valence electrons. The fourth-order valence-corrected chi connectivity index (χ4v) is 3.14. The molecule has 0 unspecified atom stereocenters. The average molecular weight is 240 g/mol. The monoisotopic (exact) mass is 240 g/mol. The molecule has 2 aromatic carbocycles. The van der Waals surface area contributed by atoms with Gasteiger partial charge in [0.1, 0.15) is 0 Å². The zero-order valence-electron chi connectivity index (χ0n) is 10.9. The lowest BCUT2D eigenvalue weighted by Crippen LogP contribution is -2.31. The van der Waals surface area contributed by atoms with Gasteiger partial charge in [-0.25, -0.2) is 0 Å². The zero-order chi connectivity index (χ0) is 12.6. The molecule has 0 atom stereocenters. The van der Waals surface area contributed by atoms with Gasteiger partial charge in [-0.05, 0) is 47.9 Å². The van der Waals surface area contributed by atoms with Crippen LogP contribution < -0.4 is 0 Å². The van der Waals surface area contributed by atoms with Crippen LogP contribution in [0, 0.1) is 5.92 Å². The molecule has 0 heterocycles. The molecule has 3 rings (SSSR count). The fraction of sp³-hybridized carbons (Fsp3) is 0.412. The molecule has 1 nitrogen and oxygen atoms in total. The number of hydrogen-bond acceptors (Lipinski definition) is 1. The molecular formula is C17H20O. The number of hydrogen-bond donors (Lipinski definition) is 1. The summed E-state index contributed by atoms with van der Waals surface area (Å²) in [6.07, 6.45) is 4.03. The molecule has 1 N–H and O–H groups in total. The van der Waals surface area contributed by atoms with Crippen LogP contribution in [0.25, 0.3) is 10.8 Å². The van der Waals surface area contributed by atoms with Crippen molar-refractivity contribution in [3.63, 3.8) is 0 Å². The minimum atomic E-state index is -0.618. The summed E-state index contributed by atoms with van der Waals surface area (Å²) in [5.74, 6) is 0.750. The average Bonchev–Trinajstić information content (AvgIpc) is 2.42. The van der Waals surface area contributed by atoms with E-state index in [4.69, 9.17) is 0 Å². The van der Waals surface area contributed by atoms with E-state index < -0.39 is 5.60 Å². The first kappa shape index (κ1) is 11.7. The molecule has 0 amide bonds. The molecule has 0 bridgehead atoms. The third kappa shape index (κ3) is 1.93. The van der Waals surface area contributed by atoms with Crippen molar-refractivity contribution < 1.29 is 5.11 Å². The second-order valence-electron chi connectivity index (χ2n) is 5.74. The predicted octanol–water partition coefficient (Wildman–Crippen LogP) is 4.24. The third-order valence-electron chi connectivity index (χ3n) is 4.39.